The molecule has 0 aliphatic rings. The minimum atomic E-state index is -1.27. The van der Waals surface area contributed by atoms with Crippen LogP contribution in [0.3, 0.4) is 0 Å². The van der Waals surface area contributed by atoms with E-state index in [0.29, 0.717) is 5.02 Å². The maximum Gasteiger partial charge on any atom is 0.334 e. The third kappa shape index (κ3) is 6.89. The molecule has 7 nitrogen and oxygen atoms in total. The smallest absolute Gasteiger partial charge is 0.334 e. The summed E-state index contributed by atoms with van der Waals surface area (Å²) in [5.74, 6) is -2.86. The number of aliphatic carboxylic acids is 2. The first-order chi connectivity index (χ1) is 13.8. The topological polar surface area (TPSA) is 113 Å². The van der Waals surface area contributed by atoms with Gasteiger partial charge in [-0.15, -0.1) is 0 Å². The van der Waals surface area contributed by atoms with Gasteiger partial charge in [0, 0.05) is 18.6 Å². The van der Waals surface area contributed by atoms with Crippen LogP contribution in [0.25, 0.3) is 11.1 Å². The Bertz CT molecular complexity index is 868. The highest BCUT2D eigenvalue weighted by atomic mass is 35.5. The van der Waals surface area contributed by atoms with Crippen molar-refractivity contribution in [2.45, 2.75) is 31.4 Å². The molecule has 0 aromatic heterocycles. The maximum absolute atomic E-state index is 12.0. The molecule has 0 bridgehead atoms. The molecular weight excluding hydrogens is 398 g/mol. The molecule has 3 N–H and O–H groups in total. The van der Waals surface area contributed by atoms with Crippen molar-refractivity contribution in [3.8, 4) is 11.1 Å². The normalized spacial score (nSPS) is 12.8. The second kappa shape index (κ2) is 10.6. The minimum absolute atomic E-state index is 0.208. The standard InChI is InChI=1S/C21H22ClNO6/c1-29-20(21(27)28)17(23-18(24)9-10-19(25)26)11-13-5-7-14(8-6-13)15-3-2-4-16(22)12-15/h2-8,12,17,20H,9-11H2,1H3,(H,23,24)(H,25,26)(H,27,28)/t17?,20-/m1/s1. The number of hydrogen-bond acceptors (Lipinski definition) is 4. The van der Waals surface area contributed by atoms with Crippen LogP contribution in [0.4, 0.5) is 0 Å². The Balaban J connectivity index is 2.15. The van der Waals surface area contributed by atoms with Crippen molar-refractivity contribution in [1.29, 1.82) is 0 Å². The molecular formula is C21H22ClNO6. The van der Waals surface area contributed by atoms with Gasteiger partial charge in [0.25, 0.3) is 0 Å². The average molecular weight is 420 g/mol. The van der Waals surface area contributed by atoms with E-state index < -0.39 is 30.0 Å². The van der Waals surface area contributed by atoms with Gasteiger partial charge in [0.05, 0.1) is 12.5 Å². The maximum atomic E-state index is 12.0. The van der Waals surface area contributed by atoms with Crippen LogP contribution < -0.4 is 5.32 Å². The van der Waals surface area contributed by atoms with Crippen LogP contribution >= 0.6 is 11.6 Å². The summed E-state index contributed by atoms with van der Waals surface area (Å²) in [5.41, 5.74) is 2.69. The van der Waals surface area contributed by atoms with Gasteiger partial charge in [-0.25, -0.2) is 4.79 Å². The summed E-state index contributed by atoms with van der Waals surface area (Å²) >= 11 is 6.02. The number of benzene rings is 2. The number of hydrogen-bond donors (Lipinski definition) is 3. The van der Waals surface area contributed by atoms with E-state index in [1.54, 1.807) is 6.07 Å². The van der Waals surface area contributed by atoms with E-state index in [-0.39, 0.29) is 19.3 Å². The van der Waals surface area contributed by atoms with Crippen molar-refractivity contribution in [1.82, 2.24) is 5.32 Å². The Morgan fingerprint density at radius 3 is 2.28 bits per heavy atom. The summed E-state index contributed by atoms with van der Waals surface area (Å²) in [6, 6.07) is 14.0. The molecule has 2 aromatic carbocycles. The molecule has 2 rings (SSSR count). The summed E-state index contributed by atoms with van der Waals surface area (Å²) < 4.78 is 5.03. The van der Waals surface area contributed by atoms with Crippen molar-refractivity contribution in [2.24, 2.45) is 0 Å². The molecule has 0 saturated heterocycles. The molecule has 0 spiro atoms. The third-order valence-corrected chi connectivity index (χ3v) is 4.58. The first-order valence-electron chi connectivity index (χ1n) is 8.91. The van der Waals surface area contributed by atoms with Crippen LogP contribution in [0.5, 0.6) is 0 Å². The molecule has 154 valence electrons. The highest BCUT2D eigenvalue weighted by Crippen LogP contribution is 2.23. The highest BCUT2D eigenvalue weighted by Gasteiger charge is 2.29. The molecule has 0 aliphatic heterocycles. The van der Waals surface area contributed by atoms with Gasteiger partial charge in [-0.05, 0) is 35.2 Å². The number of halogens is 1. The summed E-state index contributed by atoms with van der Waals surface area (Å²) in [4.78, 5) is 34.2. The molecule has 0 heterocycles. The zero-order valence-electron chi connectivity index (χ0n) is 15.8. The monoisotopic (exact) mass is 419 g/mol. The predicted molar refractivity (Wildman–Crippen MR) is 108 cm³/mol. The van der Waals surface area contributed by atoms with Gasteiger partial charge in [0.2, 0.25) is 5.91 Å². The van der Waals surface area contributed by atoms with Crippen molar-refractivity contribution in [2.75, 3.05) is 7.11 Å². The minimum Gasteiger partial charge on any atom is -0.481 e. The first-order valence-corrected chi connectivity index (χ1v) is 9.29. The van der Waals surface area contributed by atoms with Crippen LogP contribution in [0, 0.1) is 0 Å². The second-order valence-corrected chi connectivity index (χ2v) is 6.91. The summed E-state index contributed by atoms with van der Waals surface area (Å²) in [6.07, 6.45) is -1.64. The molecule has 1 unspecified atom stereocenters. The van der Waals surface area contributed by atoms with Crippen LogP contribution in [0.2, 0.25) is 5.02 Å². The highest BCUT2D eigenvalue weighted by molar-refractivity contribution is 6.30. The Kier molecular flexibility index (Phi) is 8.18. The number of carboxylic acids is 2. The van der Waals surface area contributed by atoms with E-state index in [9.17, 15) is 19.5 Å². The van der Waals surface area contributed by atoms with Gasteiger partial charge in [-0.3, -0.25) is 9.59 Å². The molecule has 0 fully saturated rings. The predicted octanol–water partition coefficient (Wildman–Crippen LogP) is 3.00. The Morgan fingerprint density at radius 1 is 1.03 bits per heavy atom. The van der Waals surface area contributed by atoms with Gasteiger partial charge in [0.1, 0.15) is 0 Å². The van der Waals surface area contributed by atoms with Crippen LogP contribution in [-0.4, -0.2) is 47.3 Å². The summed E-state index contributed by atoms with van der Waals surface area (Å²) in [6.45, 7) is 0. The molecule has 1 amide bonds. The Morgan fingerprint density at radius 2 is 1.72 bits per heavy atom. The van der Waals surface area contributed by atoms with Gasteiger partial charge in [0.15, 0.2) is 6.10 Å². The number of carbonyl (C=O) groups excluding carboxylic acids is 1. The van der Waals surface area contributed by atoms with Crippen LogP contribution in [0.1, 0.15) is 18.4 Å². The fraction of sp³-hybridized carbons (Fsp3) is 0.286. The summed E-state index contributed by atoms with van der Waals surface area (Å²) in [5, 5.41) is 21.3. The first kappa shape index (κ1) is 22.4. The number of methoxy groups -OCH3 is 1. The van der Waals surface area contributed by atoms with Crippen LogP contribution in [0.15, 0.2) is 48.5 Å². The number of carbonyl (C=O) groups is 3. The number of amides is 1. The lowest BCUT2D eigenvalue weighted by Gasteiger charge is -2.24. The largest absolute Gasteiger partial charge is 0.481 e. The lowest BCUT2D eigenvalue weighted by Crippen LogP contribution is -2.49. The van der Waals surface area contributed by atoms with Crippen molar-refractivity contribution in [3.63, 3.8) is 0 Å². The lowest BCUT2D eigenvalue weighted by atomic mass is 9.98. The Hall–Kier alpha value is -2.90. The molecule has 0 saturated carbocycles. The van der Waals surface area contributed by atoms with Gasteiger partial charge < -0.3 is 20.3 Å². The van der Waals surface area contributed by atoms with Gasteiger partial charge >= 0.3 is 11.9 Å². The van der Waals surface area contributed by atoms with Crippen molar-refractivity contribution < 1.29 is 29.3 Å². The third-order valence-electron chi connectivity index (χ3n) is 4.34. The zero-order chi connectivity index (χ0) is 21.4. The van der Waals surface area contributed by atoms with Gasteiger partial charge in [-0.2, -0.15) is 0 Å². The van der Waals surface area contributed by atoms with E-state index in [2.05, 4.69) is 5.32 Å². The number of carboxylic acid groups (broad SMARTS) is 2. The zero-order valence-corrected chi connectivity index (χ0v) is 16.6. The van der Waals surface area contributed by atoms with Crippen molar-refractivity contribution >= 4 is 29.4 Å². The van der Waals surface area contributed by atoms with E-state index in [0.717, 1.165) is 16.7 Å². The lowest BCUT2D eigenvalue weighted by molar-refractivity contribution is -0.151. The second-order valence-electron chi connectivity index (χ2n) is 6.47. The van der Waals surface area contributed by atoms with E-state index in [4.69, 9.17) is 21.4 Å². The average Bonchev–Trinajstić information content (AvgIpc) is 2.67. The van der Waals surface area contributed by atoms with E-state index in [1.165, 1.54) is 7.11 Å². The fourth-order valence-electron chi connectivity index (χ4n) is 2.93. The number of rotatable bonds is 10. The molecule has 29 heavy (non-hydrogen) atoms. The van der Waals surface area contributed by atoms with Crippen LogP contribution in [-0.2, 0) is 25.5 Å². The Labute approximate surface area is 173 Å². The van der Waals surface area contributed by atoms with Gasteiger partial charge in [-0.1, -0.05) is 48.0 Å². The quantitative estimate of drug-likeness (QED) is 0.545. The van der Waals surface area contributed by atoms with E-state index >= 15 is 0 Å². The number of nitrogens with one attached hydrogen (secondary N) is 1. The molecule has 0 radical (unpaired) electrons. The van der Waals surface area contributed by atoms with Crippen molar-refractivity contribution in [3.05, 3.63) is 59.1 Å². The molecule has 2 atom stereocenters. The molecule has 8 heteroatoms. The molecule has 2 aromatic rings. The summed E-state index contributed by atoms with van der Waals surface area (Å²) in [7, 11) is 1.25. The number of ether oxygens (including phenoxy) is 1. The SMILES string of the molecule is CO[C@@H](C(=O)O)C(Cc1ccc(-c2cccc(Cl)c2)cc1)NC(=O)CCC(=O)O. The van der Waals surface area contributed by atoms with E-state index in [1.807, 2.05) is 42.5 Å². The fourth-order valence-corrected chi connectivity index (χ4v) is 3.12. The molecule has 0 aliphatic carbocycles.